The van der Waals surface area contributed by atoms with Gasteiger partial charge in [-0.3, -0.25) is 4.79 Å². The Kier molecular flexibility index (Phi) is 4.07. The normalized spacial score (nSPS) is 12.3. The van der Waals surface area contributed by atoms with E-state index in [1.54, 1.807) is 0 Å². The van der Waals surface area contributed by atoms with Gasteiger partial charge >= 0.3 is 0 Å². The van der Waals surface area contributed by atoms with Crippen LogP contribution in [0, 0.1) is 13.8 Å². The maximum absolute atomic E-state index is 11.5. The zero-order chi connectivity index (χ0) is 13.2. The largest absolute Gasteiger partial charge is 0.365 e. The van der Waals surface area contributed by atoms with Gasteiger partial charge in [-0.1, -0.05) is 0 Å². The van der Waals surface area contributed by atoms with Crippen LogP contribution in [0.25, 0.3) is 0 Å². The number of aryl methyl sites for hydroxylation is 2. The van der Waals surface area contributed by atoms with Crippen molar-refractivity contribution in [3.8, 4) is 0 Å². The van der Waals surface area contributed by atoms with E-state index in [-0.39, 0.29) is 6.04 Å². The van der Waals surface area contributed by atoms with E-state index in [2.05, 4.69) is 4.98 Å². The summed E-state index contributed by atoms with van der Waals surface area (Å²) in [4.78, 5) is 17.8. The molecule has 0 aliphatic carbocycles. The summed E-state index contributed by atoms with van der Waals surface area (Å²) in [5.41, 5.74) is 13.2. The second-order valence-corrected chi connectivity index (χ2v) is 4.34. The number of likely N-dealkylation sites (N-methyl/N-ethyl adjacent to an activating group) is 1. The van der Waals surface area contributed by atoms with Crippen molar-refractivity contribution in [2.45, 2.75) is 26.8 Å². The molecule has 0 aliphatic heterocycles. The maximum atomic E-state index is 11.5. The van der Waals surface area contributed by atoms with E-state index in [9.17, 15) is 4.79 Å². The van der Waals surface area contributed by atoms with Crippen LogP contribution < -0.4 is 16.4 Å². The Hall–Kier alpha value is -1.62. The lowest BCUT2D eigenvalue weighted by Gasteiger charge is -2.27. The monoisotopic (exact) mass is 236 g/mol. The van der Waals surface area contributed by atoms with E-state index in [1.807, 2.05) is 38.8 Å². The molecular formula is C12H20N4O. The highest BCUT2D eigenvalue weighted by Gasteiger charge is 2.19. The molecule has 1 unspecified atom stereocenters. The van der Waals surface area contributed by atoms with Gasteiger partial charge in [0.25, 0.3) is 5.91 Å². The Morgan fingerprint density at radius 2 is 2.12 bits per heavy atom. The minimum Gasteiger partial charge on any atom is -0.365 e. The molecule has 1 amide bonds. The first kappa shape index (κ1) is 13.4. The fraction of sp³-hybridized carbons (Fsp3) is 0.500. The standard InChI is InChI=1S/C12H20N4O/c1-7-5-8(2)15-12(10(7)11(14)17)16(4)9(3)6-13/h5,9H,6,13H2,1-4H3,(H2,14,17). The highest BCUT2D eigenvalue weighted by atomic mass is 16.1. The molecular weight excluding hydrogens is 216 g/mol. The molecule has 0 radical (unpaired) electrons. The molecule has 5 nitrogen and oxygen atoms in total. The Morgan fingerprint density at radius 1 is 1.53 bits per heavy atom. The van der Waals surface area contributed by atoms with E-state index < -0.39 is 5.91 Å². The molecule has 4 N–H and O–H groups in total. The highest BCUT2D eigenvalue weighted by molar-refractivity contribution is 5.99. The van der Waals surface area contributed by atoms with Crippen LogP contribution in [-0.4, -0.2) is 30.5 Å². The summed E-state index contributed by atoms with van der Waals surface area (Å²) in [6.07, 6.45) is 0. The Labute approximate surface area is 102 Å². The zero-order valence-corrected chi connectivity index (χ0v) is 10.8. The summed E-state index contributed by atoms with van der Waals surface area (Å²) in [5.74, 6) is 0.147. The van der Waals surface area contributed by atoms with Crippen molar-refractivity contribution in [3.63, 3.8) is 0 Å². The average Bonchev–Trinajstić information content (AvgIpc) is 2.25. The number of carbonyl (C=O) groups excluding carboxylic acids is 1. The molecule has 0 spiro atoms. The summed E-state index contributed by atoms with van der Waals surface area (Å²) in [7, 11) is 1.87. The molecule has 1 aromatic heterocycles. The van der Waals surface area contributed by atoms with Crippen LogP contribution in [0.3, 0.4) is 0 Å². The van der Waals surface area contributed by atoms with Gasteiger partial charge in [0.15, 0.2) is 0 Å². The third-order valence-corrected chi connectivity index (χ3v) is 2.91. The van der Waals surface area contributed by atoms with Gasteiger partial charge in [-0.2, -0.15) is 0 Å². The summed E-state index contributed by atoms with van der Waals surface area (Å²) in [6, 6.07) is 1.95. The van der Waals surface area contributed by atoms with Gasteiger partial charge in [0.1, 0.15) is 5.82 Å². The van der Waals surface area contributed by atoms with Gasteiger partial charge in [-0.05, 0) is 32.4 Å². The number of aromatic nitrogens is 1. The number of hydrogen-bond acceptors (Lipinski definition) is 4. The first-order valence-electron chi connectivity index (χ1n) is 5.59. The van der Waals surface area contributed by atoms with Gasteiger partial charge in [0.2, 0.25) is 0 Å². The zero-order valence-electron chi connectivity index (χ0n) is 10.8. The van der Waals surface area contributed by atoms with E-state index in [0.29, 0.717) is 17.9 Å². The van der Waals surface area contributed by atoms with Gasteiger partial charge in [-0.25, -0.2) is 4.98 Å². The molecule has 1 rings (SSSR count). The molecule has 17 heavy (non-hydrogen) atoms. The molecule has 0 saturated carbocycles. The lowest BCUT2D eigenvalue weighted by Crippen LogP contribution is -2.37. The highest BCUT2D eigenvalue weighted by Crippen LogP contribution is 2.22. The predicted octanol–water partition coefficient (Wildman–Crippen LogP) is 0.581. The van der Waals surface area contributed by atoms with E-state index in [0.717, 1.165) is 11.3 Å². The third-order valence-electron chi connectivity index (χ3n) is 2.91. The van der Waals surface area contributed by atoms with Crippen molar-refractivity contribution in [3.05, 3.63) is 22.9 Å². The van der Waals surface area contributed by atoms with Crippen LogP contribution in [0.5, 0.6) is 0 Å². The second-order valence-electron chi connectivity index (χ2n) is 4.34. The van der Waals surface area contributed by atoms with Gasteiger partial charge < -0.3 is 16.4 Å². The van der Waals surface area contributed by atoms with Crippen molar-refractivity contribution >= 4 is 11.7 Å². The first-order chi connectivity index (χ1) is 7.88. The van der Waals surface area contributed by atoms with Crippen LogP contribution in [0.4, 0.5) is 5.82 Å². The van der Waals surface area contributed by atoms with Crippen molar-refractivity contribution in [1.29, 1.82) is 0 Å². The Bertz CT molecular complexity index is 431. The van der Waals surface area contributed by atoms with Gasteiger partial charge in [0.05, 0.1) is 5.56 Å². The molecule has 0 saturated heterocycles. The summed E-state index contributed by atoms with van der Waals surface area (Å²) in [6.45, 7) is 6.22. The Morgan fingerprint density at radius 3 is 2.59 bits per heavy atom. The number of nitrogens with two attached hydrogens (primary N) is 2. The number of primary amides is 1. The maximum Gasteiger partial charge on any atom is 0.252 e. The van der Waals surface area contributed by atoms with E-state index in [1.165, 1.54) is 0 Å². The smallest absolute Gasteiger partial charge is 0.252 e. The molecule has 0 bridgehead atoms. The predicted molar refractivity (Wildman–Crippen MR) is 69.1 cm³/mol. The minimum absolute atomic E-state index is 0.0989. The van der Waals surface area contributed by atoms with Crippen LogP contribution >= 0.6 is 0 Å². The number of amides is 1. The van der Waals surface area contributed by atoms with Crippen LogP contribution in [0.2, 0.25) is 0 Å². The number of rotatable bonds is 4. The third kappa shape index (κ3) is 2.74. The molecule has 0 fully saturated rings. The quantitative estimate of drug-likeness (QED) is 0.800. The molecule has 0 aliphatic rings. The first-order valence-corrected chi connectivity index (χ1v) is 5.59. The minimum atomic E-state index is -0.457. The van der Waals surface area contributed by atoms with Crippen molar-refractivity contribution in [1.82, 2.24) is 4.98 Å². The van der Waals surface area contributed by atoms with Crippen molar-refractivity contribution in [2.24, 2.45) is 11.5 Å². The molecule has 1 atom stereocenters. The molecule has 1 aromatic rings. The fourth-order valence-corrected chi connectivity index (χ4v) is 1.74. The number of hydrogen-bond donors (Lipinski definition) is 2. The van der Waals surface area contributed by atoms with Crippen LogP contribution in [-0.2, 0) is 0 Å². The molecule has 1 heterocycles. The fourth-order valence-electron chi connectivity index (χ4n) is 1.74. The molecule has 5 heteroatoms. The summed E-state index contributed by atoms with van der Waals surface area (Å²) >= 11 is 0. The topological polar surface area (TPSA) is 85.2 Å². The van der Waals surface area contributed by atoms with E-state index in [4.69, 9.17) is 11.5 Å². The lowest BCUT2D eigenvalue weighted by molar-refractivity contribution is 0.1000. The number of nitrogens with zero attached hydrogens (tertiary/aromatic N) is 2. The van der Waals surface area contributed by atoms with Crippen LogP contribution in [0.1, 0.15) is 28.5 Å². The molecule has 94 valence electrons. The SMILES string of the molecule is Cc1cc(C)c(C(N)=O)c(N(C)C(C)CN)n1. The number of carbonyl (C=O) groups is 1. The lowest BCUT2D eigenvalue weighted by atomic mass is 10.1. The van der Waals surface area contributed by atoms with E-state index >= 15 is 0 Å². The van der Waals surface area contributed by atoms with Gasteiger partial charge in [-0.15, -0.1) is 0 Å². The van der Waals surface area contributed by atoms with Gasteiger partial charge in [0, 0.05) is 25.3 Å². The average molecular weight is 236 g/mol. The van der Waals surface area contributed by atoms with Crippen LogP contribution in [0.15, 0.2) is 6.07 Å². The van der Waals surface area contributed by atoms with Crippen molar-refractivity contribution in [2.75, 3.05) is 18.5 Å². The van der Waals surface area contributed by atoms with Crippen molar-refractivity contribution < 1.29 is 4.79 Å². The second kappa shape index (κ2) is 5.14. The molecule has 0 aromatic carbocycles. The summed E-state index contributed by atoms with van der Waals surface area (Å²) < 4.78 is 0. The number of pyridine rings is 1. The Balaban J connectivity index is 3.35. The number of anilines is 1. The summed E-state index contributed by atoms with van der Waals surface area (Å²) in [5, 5.41) is 0.